The van der Waals surface area contributed by atoms with E-state index in [1.165, 1.54) is 0 Å². The van der Waals surface area contributed by atoms with E-state index >= 15 is 0 Å². The first-order valence-electron chi connectivity index (χ1n) is 5.64. The number of rotatable bonds is 3. The van der Waals surface area contributed by atoms with Crippen LogP contribution in [0.25, 0.3) is 0 Å². The number of aromatic nitrogens is 1. The van der Waals surface area contributed by atoms with Gasteiger partial charge in [-0.05, 0) is 30.2 Å². The van der Waals surface area contributed by atoms with E-state index in [9.17, 15) is 0 Å². The Kier molecular flexibility index (Phi) is 3.44. The quantitative estimate of drug-likeness (QED) is 0.861. The molecule has 1 aromatic heterocycles. The number of hydrogen-bond acceptors (Lipinski definition) is 4. The van der Waals surface area contributed by atoms with Crippen LogP contribution in [0.3, 0.4) is 0 Å². The second kappa shape index (κ2) is 5.19. The summed E-state index contributed by atoms with van der Waals surface area (Å²) in [6.45, 7) is 2.54. The van der Waals surface area contributed by atoms with E-state index < -0.39 is 0 Å². The predicted octanol–water partition coefficient (Wildman–Crippen LogP) is 2.46. The average molecular weight is 238 g/mol. The van der Waals surface area contributed by atoms with Gasteiger partial charge < -0.3 is 11.1 Å². The molecule has 0 aliphatic rings. The summed E-state index contributed by atoms with van der Waals surface area (Å²) >= 11 is 0. The molecular formula is C14H14N4. The third-order valence-corrected chi connectivity index (χ3v) is 2.67. The molecule has 0 atom stereocenters. The van der Waals surface area contributed by atoms with E-state index in [4.69, 9.17) is 11.0 Å². The summed E-state index contributed by atoms with van der Waals surface area (Å²) in [4.78, 5) is 4.24. The van der Waals surface area contributed by atoms with Crippen molar-refractivity contribution < 1.29 is 0 Å². The van der Waals surface area contributed by atoms with Crippen molar-refractivity contribution >= 4 is 11.5 Å². The molecule has 0 radical (unpaired) electrons. The van der Waals surface area contributed by atoms with Gasteiger partial charge in [-0.15, -0.1) is 0 Å². The summed E-state index contributed by atoms with van der Waals surface area (Å²) in [5, 5.41) is 12.0. The van der Waals surface area contributed by atoms with Crippen LogP contribution in [-0.4, -0.2) is 4.98 Å². The van der Waals surface area contributed by atoms with E-state index in [1.54, 1.807) is 12.3 Å². The lowest BCUT2D eigenvalue weighted by atomic mass is 10.1. The number of pyridine rings is 1. The van der Waals surface area contributed by atoms with Crippen molar-refractivity contribution in [1.82, 2.24) is 4.98 Å². The molecule has 0 saturated heterocycles. The number of nitrogens with zero attached hydrogens (tertiary/aromatic N) is 2. The molecule has 0 spiro atoms. The van der Waals surface area contributed by atoms with Crippen molar-refractivity contribution in [3.63, 3.8) is 0 Å². The highest BCUT2D eigenvalue weighted by Crippen LogP contribution is 2.14. The lowest BCUT2D eigenvalue weighted by Gasteiger charge is -2.07. The minimum Gasteiger partial charge on any atom is -0.398 e. The summed E-state index contributed by atoms with van der Waals surface area (Å²) in [5.74, 6) is 0.737. The van der Waals surface area contributed by atoms with Crippen LogP contribution in [-0.2, 0) is 6.54 Å². The maximum atomic E-state index is 8.81. The molecule has 0 aliphatic carbocycles. The number of hydrogen-bond donors (Lipinski definition) is 2. The van der Waals surface area contributed by atoms with Gasteiger partial charge >= 0.3 is 0 Å². The van der Waals surface area contributed by atoms with E-state index in [0.717, 1.165) is 22.6 Å². The number of aryl methyl sites for hydroxylation is 1. The molecule has 18 heavy (non-hydrogen) atoms. The van der Waals surface area contributed by atoms with Crippen molar-refractivity contribution in [3.05, 3.63) is 53.2 Å². The van der Waals surface area contributed by atoms with E-state index in [1.807, 2.05) is 31.2 Å². The minimum absolute atomic E-state index is 0.616. The molecule has 90 valence electrons. The monoisotopic (exact) mass is 238 g/mol. The molecule has 0 bridgehead atoms. The van der Waals surface area contributed by atoms with Crippen molar-refractivity contribution in [2.45, 2.75) is 13.5 Å². The molecule has 0 unspecified atom stereocenters. The first kappa shape index (κ1) is 11.9. The highest BCUT2D eigenvalue weighted by Gasteiger charge is 1.99. The van der Waals surface area contributed by atoms with Gasteiger partial charge in [-0.3, -0.25) is 0 Å². The van der Waals surface area contributed by atoms with Gasteiger partial charge in [0.1, 0.15) is 5.82 Å². The van der Waals surface area contributed by atoms with Crippen LogP contribution >= 0.6 is 0 Å². The molecule has 3 N–H and O–H groups in total. The molecule has 1 heterocycles. The van der Waals surface area contributed by atoms with Crippen LogP contribution in [0, 0.1) is 18.3 Å². The van der Waals surface area contributed by atoms with Crippen LogP contribution < -0.4 is 11.1 Å². The number of nitrogens with one attached hydrogen (secondary N) is 1. The first-order valence-corrected chi connectivity index (χ1v) is 5.64. The smallest absolute Gasteiger partial charge is 0.128 e. The zero-order valence-electron chi connectivity index (χ0n) is 10.1. The molecule has 4 nitrogen and oxygen atoms in total. The van der Waals surface area contributed by atoms with Crippen LogP contribution in [0.1, 0.15) is 16.7 Å². The highest BCUT2D eigenvalue weighted by molar-refractivity contribution is 5.53. The minimum atomic E-state index is 0.616. The largest absolute Gasteiger partial charge is 0.398 e. The van der Waals surface area contributed by atoms with Crippen molar-refractivity contribution in [3.8, 4) is 6.07 Å². The van der Waals surface area contributed by atoms with Gasteiger partial charge in [-0.1, -0.05) is 12.1 Å². The normalized spacial score (nSPS) is 9.78. The third kappa shape index (κ3) is 2.77. The van der Waals surface area contributed by atoms with E-state index in [-0.39, 0.29) is 0 Å². The van der Waals surface area contributed by atoms with Crippen LogP contribution in [0.15, 0.2) is 36.5 Å². The number of nitriles is 1. The summed E-state index contributed by atoms with van der Waals surface area (Å²) in [5.41, 5.74) is 9.19. The van der Waals surface area contributed by atoms with Gasteiger partial charge in [-0.25, -0.2) is 4.98 Å². The predicted molar refractivity (Wildman–Crippen MR) is 71.9 cm³/mol. The Morgan fingerprint density at radius 1 is 1.39 bits per heavy atom. The Hall–Kier alpha value is -2.54. The van der Waals surface area contributed by atoms with E-state index in [0.29, 0.717) is 12.1 Å². The summed E-state index contributed by atoms with van der Waals surface area (Å²) in [6, 6.07) is 11.4. The van der Waals surface area contributed by atoms with Crippen molar-refractivity contribution in [2.24, 2.45) is 0 Å². The maximum absolute atomic E-state index is 8.81. The van der Waals surface area contributed by atoms with Gasteiger partial charge in [0, 0.05) is 24.5 Å². The molecule has 1 aromatic carbocycles. The molecule has 2 rings (SSSR count). The first-order chi connectivity index (χ1) is 8.69. The topological polar surface area (TPSA) is 74.7 Å². The van der Waals surface area contributed by atoms with Crippen LogP contribution in [0.5, 0.6) is 0 Å². The molecular weight excluding hydrogens is 224 g/mol. The summed E-state index contributed by atoms with van der Waals surface area (Å²) in [7, 11) is 0. The molecule has 2 aromatic rings. The molecule has 0 fully saturated rings. The number of anilines is 2. The summed E-state index contributed by atoms with van der Waals surface area (Å²) < 4.78 is 0. The molecule has 0 amide bonds. The van der Waals surface area contributed by atoms with Crippen LogP contribution in [0.4, 0.5) is 11.5 Å². The average Bonchev–Trinajstić information content (AvgIpc) is 2.40. The fourth-order valence-corrected chi connectivity index (χ4v) is 1.58. The van der Waals surface area contributed by atoms with E-state index in [2.05, 4.69) is 16.4 Å². The lowest BCUT2D eigenvalue weighted by molar-refractivity contribution is 1.10. The Balaban J connectivity index is 2.07. The standard InChI is InChI=1S/C14H14N4/c1-10-8-17-14(6-13(10)16)18-9-12-4-2-3-11(5-12)7-15/h2-6,8H,9H2,1H3,(H3,16,17,18). The zero-order valence-corrected chi connectivity index (χ0v) is 10.1. The summed E-state index contributed by atoms with van der Waals surface area (Å²) in [6.07, 6.45) is 1.74. The van der Waals surface area contributed by atoms with Gasteiger partial charge in [0.2, 0.25) is 0 Å². The Bertz CT molecular complexity index is 599. The molecule has 0 aliphatic heterocycles. The number of nitrogen functional groups attached to an aromatic ring is 1. The third-order valence-electron chi connectivity index (χ3n) is 2.67. The SMILES string of the molecule is Cc1cnc(NCc2cccc(C#N)c2)cc1N. The van der Waals surface area contributed by atoms with Crippen molar-refractivity contribution in [2.75, 3.05) is 11.1 Å². The number of benzene rings is 1. The second-order valence-corrected chi connectivity index (χ2v) is 4.09. The van der Waals surface area contributed by atoms with Gasteiger partial charge in [0.15, 0.2) is 0 Å². The van der Waals surface area contributed by atoms with Crippen molar-refractivity contribution in [1.29, 1.82) is 5.26 Å². The Morgan fingerprint density at radius 2 is 2.22 bits per heavy atom. The van der Waals surface area contributed by atoms with Gasteiger partial charge in [0.25, 0.3) is 0 Å². The Labute approximate surface area is 106 Å². The molecule has 4 heteroatoms. The van der Waals surface area contributed by atoms with Gasteiger partial charge in [-0.2, -0.15) is 5.26 Å². The lowest BCUT2D eigenvalue weighted by Crippen LogP contribution is -2.03. The Morgan fingerprint density at radius 3 is 2.94 bits per heavy atom. The number of nitrogens with two attached hydrogens (primary N) is 1. The van der Waals surface area contributed by atoms with Crippen LogP contribution in [0.2, 0.25) is 0 Å². The highest BCUT2D eigenvalue weighted by atomic mass is 15.0. The van der Waals surface area contributed by atoms with Gasteiger partial charge in [0.05, 0.1) is 11.6 Å². The fourth-order valence-electron chi connectivity index (χ4n) is 1.58. The zero-order chi connectivity index (χ0) is 13.0. The fraction of sp³-hybridized carbons (Fsp3) is 0.143. The maximum Gasteiger partial charge on any atom is 0.128 e. The second-order valence-electron chi connectivity index (χ2n) is 4.09. The molecule has 0 saturated carbocycles.